The Kier molecular flexibility index (Phi) is 4.68. The predicted octanol–water partition coefficient (Wildman–Crippen LogP) is 1.98. The van der Waals surface area contributed by atoms with Gasteiger partial charge in [-0.25, -0.2) is 0 Å². The number of hydrogen-bond acceptors (Lipinski definition) is 3. The Morgan fingerprint density at radius 2 is 2.11 bits per heavy atom. The summed E-state index contributed by atoms with van der Waals surface area (Å²) in [5.74, 6) is 1.66. The zero-order valence-corrected chi connectivity index (χ0v) is 12.5. The SMILES string of the molecule is CNCC1(CN2CC(C)CC(C)C2C)CCOC1. The van der Waals surface area contributed by atoms with Crippen LogP contribution in [-0.2, 0) is 4.74 Å². The summed E-state index contributed by atoms with van der Waals surface area (Å²) >= 11 is 0. The molecular formula is C15H30N2O. The summed E-state index contributed by atoms with van der Waals surface area (Å²) in [5, 5.41) is 3.37. The second kappa shape index (κ2) is 5.89. The molecule has 3 heteroatoms. The average Bonchev–Trinajstić information content (AvgIpc) is 2.74. The number of nitrogens with one attached hydrogen (secondary N) is 1. The van der Waals surface area contributed by atoms with Crippen molar-refractivity contribution in [2.24, 2.45) is 17.3 Å². The van der Waals surface area contributed by atoms with Gasteiger partial charge in [0.25, 0.3) is 0 Å². The van der Waals surface area contributed by atoms with E-state index in [0.717, 1.165) is 37.6 Å². The van der Waals surface area contributed by atoms with Gasteiger partial charge in [-0.2, -0.15) is 0 Å². The van der Waals surface area contributed by atoms with Crippen LogP contribution in [0.15, 0.2) is 0 Å². The minimum atomic E-state index is 0.347. The monoisotopic (exact) mass is 254 g/mol. The maximum absolute atomic E-state index is 5.68. The van der Waals surface area contributed by atoms with E-state index in [0.29, 0.717) is 5.41 Å². The van der Waals surface area contributed by atoms with Gasteiger partial charge in [0.1, 0.15) is 0 Å². The highest BCUT2D eigenvalue weighted by Gasteiger charge is 2.39. The van der Waals surface area contributed by atoms with Gasteiger partial charge in [-0.1, -0.05) is 13.8 Å². The number of nitrogens with zero attached hydrogens (tertiary/aromatic N) is 1. The standard InChI is InChI=1S/C15H30N2O/c1-12-7-13(2)14(3)17(8-12)10-15(9-16-4)5-6-18-11-15/h12-14,16H,5-11H2,1-4H3. The second-order valence-corrected chi connectivity index (χ2v) is 6.82. The molecule has 0 spiro atoms. The number of hydrogen-bond donors (Lipinski definition) is 1. The van der Waals surface area contributed by atoms with Gasteiger partial charge >= 0.3 is 0 Å². The fraction of sp³-hybridized carbons (Fsp3) is 1.00. The first kappa shape index (κ1) is 14.3. The van der Waals surface area contributed by atoms with Crippen LogP contribution in [0.25, 0.3) is 0 Å². The van der Waals surface area contributed by atoms with Gasteiger partial charge in [-0.15, -0.1) is 0 Å². The third kappa shape index (κ3) is 3.06. The number of likely N-dealkylation sites (tertiary alicyclic amines) is 1. The molecule has 2 heterocycles. The van der Waals surface area contributed by atoms with E-state index in [9.17, 15) is 0 Å². The molecule has 2 rings (SSSR count). The van der Waals surface area contributed by atoms with Crippen LogP contribution < -0.4 is 5.32 Å². The van der Waals surface area contributed by atoms with E-state index < -0.39 is 0 Å². The fourth-order valence-corrected chi connectivity index (χ4v) is 3.82. The minimum absolute atomic E-state index is 0.347. The molecule has 18 heavy (non-hydrogen) atoms. The van der Waals surface area contributed by atoms with Crippen molar-refractivity contribution in [3.63, 3.8) is 0 Å². The number of rotatable bonds is 4. The highest BCUT2D eigenvalue weighted by Crippen LogP contribution is 2.34. The normalized spacial score (nSPS) is 42.3. The molecule has 0 aliphatic carbocycles. The first-order chi connectivity index (χ1) is 8.56. The molecule has 4 unspecified atom stereocenters. The maximum Gasteiger partial charge on any atom is 0.0547 e. The van der Waals surface area contributed by atoms with Gasteiger partial charge in [0, 0.05) is 37.7 Å². The Balaban J connectivity index is 2.01. The van der Waals surface area contributed by atoms with Crippen LogP contribution in [0, 0.1) is 17.3 Å². The molecule has 0 saturated carbocycles. The van der Waals surface area contributed by atoms with E-state index in [4.69, 9.17) is 4.74 Å². The highest BCUT2D eigenvalue weighted by atomic mass is 16.5. The van der Waals surface area contributed by atoms with Crippen molar-refractivity contribution in [1.82, 2.24) is 10.2 Å². The molecule has 0 aromatic rings. The lowest BCUT2D eigenvalue weighted by Crippen LogP contribution is -2.52. The molecule has 2 aliphatic heterocycles. The lowest BCUT2D eigenvalue weighted by molar-refractivity contribution is 0.0305. The summed E-state index contributed by atoms with van der Waals surface area (Å²) in [5.41, 5.74) is 0.347. The summed E-state index contributed by atoms with van der Waals surface area (Å²) in [6.07, 6.45) is 2.59. The maximum atomic E-state index is 5.68. The van der Waals surface area contributed by atoms with Crippen LogP contribution in [-0.4, -0.2) is 50.8 Å². The second-order valence-electron chi connectivity index (χ2n) is 6.82. The molecule has 0 aromatic carbocycles. The van der Waals surface area contributed by atoms with E-state index in [-0.39, 0.29) is 0 Å². The molecule has 0 bridgehead atoms. The van der Waals surface area contributed by atoms with Crippen LogP contribution in [0.3, 0.4) is 0 Å². The van der Waals surface area contributed by atoms with Gasteiger partial charge in [0.2, 0.25) is 0 Å². The van der Waals surface area contributed by atoms with E-state index in [2.05, 4.69) is 38.0 Å². The smallest absolute Gasteiger partial charge is 0.0547 e. The third-order valence-corrected chi connectivity index (χ3v) is 5.00. The van der Waals surface area contributed by atoms with Crippen molar-refractivity contribution in [2.75, 3.05) is 39.9 Å². The van der Waals surface area contributed by atoms with E-state index >= 15 is 0 Å². The van der Waals surface area contributed by atoms with Gasteiger partial charge in [-0.3, -0.25) is 4.90 Å². The molecule has 2 saturated heterocycles. The summed E-state index contributed by atoms with van der Waals surface area (Å²) in [4.78, 5) is 2.71. The molecule has 3 nitrogen and oxygen atoms in total. The van der Waals surface area contributed by atoms with Crippen molar-refractivity contribution in [2.45, 2.75) is 39.7 Å². The van der Waals surface area contributed by atoms with Crippen molar-refractivity contribution in [1.29, 1.82) is 0 Å². The lowest BCUT2D eigenvalue weighted by atomic mass is 9.81. The molecule has 106 valence electrons. The first-order valence-corrected chi connectivity index (χ1v) is 7.53. The first-order valence-electron chi connectivity index (χ1n) is 7.53. The molecule has 0 radical (unpaired) electrons. The zero-order valence-electron chi connectivity index (χ0n) is 12.5. The molecule has 2 aliphatic rings. The van der Waals surface area contributed by atoms with Crippen LogP contribution in [0.2, 0.25) is 0 Å². The van der Waals surface area contributed by atoms with Crippen LogP contribution in [0.4, 0.5) is 0 Å². The number of piperidine rings is 1. The predicted molar refractivity (Wildman–Crippen MR) is 75.8 cm³/mol. The Labute approximate surface area is 112 Å². The van der Waals surface area contributed by atoms with Crippen molar-refractivity contribution in [3.8, 4) is 0 Å². The molecule has 1 N–H and O–H groups in total. The van der Waals surface area contributed by atoms with Crippen LogP contribution in [0.1, 0.15) is 33.6 Å². The minimum Gasteiger partial charge on any atom is -0.381 e. The van der Waals surface area contributed by atoms with Crippen molar-refractivity contribution in [3.05, 3.63) is 0 Å². The average molecular weight is 254 g/mol. The van der Waals surface area contributed by atoms with Crippen molar-refractivity contribution < 1.29 is 4.74 Å². The summed E-state index contributed by atoms with van der Waals surface area (Å²) in [6.45, 7) is 12.6. The van der Waals surface area contributed by atoms with E-state index in [1.807, 2.05) is 0 Å². The van der Waals surface area contributed by atoms with Crippen molar-refractivity contribution >= 4 is 0 Å². The Bertz CT molecular complexity index is 263. The molecule has 0 amide bonds. The fourth-order valence-electron chi connectivity index (χ4n) is 3.82. The lowest BCUT2D eigenvalue weighted by Gasteiger charge is -2.45. The molecule has 4 atom stereocenters. The molecule has 0 aromatic heterocycles. The highest BCUT2D eigenvalue weighted by molar-refractivity contribution is 4.92. The van der Waals surface area contributed by atoms with Gasteiger partial charge in [0.05, 0.1) is 6.61 Å². The zero-order chi connectivity index (χ0) is 13.2. The summed E-state index contributed by atoms with van der Waals surface area (Å²) < 4.78 is 5.68. The van der Waals surface area contributed by atoms with Gasteiger partial charge < -0.3 is 10.1 Å². The van der Waals surface area contributed by atoms with E-state index in [1.165, 1.54) is 25.9 Å². The third-order valence-electron chi connectivity index (χ3n) is 5.00. The quantitative estimate of drug-likeness (QED) is 0.830. The van der Waals surface area contributed by atoms with Gasteiger partial charge in [-0.05, 0) is 38.6 Å². The van der Waals surface area contributed by atoms with Crippen LogP contribution >= 0.6 is 0 Å². The number of ether oxygens (including phenoxy) is 1. The summed E-state index contributed by atoms with van der Waals surface area (Å²) in [6, 6.07) is 0.718. The van der Waals surface area contributed by atoms with E-state index in [1.54, 1.807) is 0 Å². The Morgan fingerprint density at radius 3 is 2.72 bits per heavy atom. The van der Waals surface area contributed by atoms with Crippen LogP contribution in [0.5, 0.6) is 0 Å². The Morgan fingerprint density at radius 1 is 1.33 bits per heavy atom. The molecular weight excluding hydrogens is 224 g/mol. The topological polar surface area (TPSA) is 24.5 Å². The van der Waals surface area contributed by atoms with Gasteiger partial charge in [0.15, 0.2) is 0 Å². The summed E-state index contributed by atoms with van der Waals surface area (Å²) in [7, 11) is 2.06. The Hall–Kier alpha value is -0.120. The molecule has 2 fully saturated rings. The largest absolute Gasteiger partial charge is 0.381 e.